The molecular weight excluding hydrogens is 257 g/mol. The molecule has 4 nitrogen and oxygen atoms in total. The fourth-order valence-electron chi connectivity index (χ4n) is 2.79. The van der Waals surface area contributed by atoms with Gasteiger partial charge in [-0.15, -0.1) is 0 Å². The fourth-order valence-corrected chi connectivity index (χ4v) is 2.79. The molecule has 5 heteroatoms. The van der Waals surface area contributed by atoms with Crippen LogP contribution < -0.4 is 11.1 Å². The van der Waals surface area contributed by atoms with Gasteiger partial charge in [-0.3, -0.25) is 9.69 Å². The predicted octanol–water partition coefficient (Wildman–Crippen LogP) is 2.47. The molecule has 1 fully saturated rings. The Morgan fingerprint density at radius 1 is 1.50 bits per heavy atom. The van der Waals surface area contributed by atoms with E-state index in [0.29, 0.717) is 24.1 Å². The molecule has 110 valence electrons. The summed E-state index contributed by atoms with van der Waals surface area (Å²) in [6.45, 7) is 6.24. The minimum Gasteiger partial charge on any atom is -0.396 e. The predicted molar refractivity (Wildman–Crippen MR) is 78.9 cm³/mol. The molecule has 2 atom stereocenters. The zero-order valence-electron chi connectivity index (χ0n) is 12.0. The van der Waals surface area contributed by atoms with E-state index in [1.807, 2.05) is 0 Å². The van der Waals surface area contributed by atoms with Gasteiger partial charge in [0.25, 0.3) is 0 Å². The molecule has 0 radical (unpaired) electrons. The summed E-state index contributed by atoms with van der Waals surface area (Å²) in [4.78, 5) is 14.2. The van der Waals surface area contributed by atoms with E-state index in [1.165, 1.54) is 24.6 Å². The molecule has 1 aromatic rings. The van der Waals surface area contributed by atoms with Crippen molar-refractivity contribution < 1.29 is 9.18 Å². The van der Waals surface area contributed by atoms with E-state index in [2.05, 4.69) is 24.1 Å². The van der Waals surface area contributed by atoms with E-state index in [9.17, 15) is 9.18 Å². The molecule has 0 aromatic heterocycles. The van der Waals surface area contributed by atoms with Crippen molar-refractivity contribution in [3.63, 3.8) is 0 Å². The molecule has 1 heterocycles. The third-order valence-corrected chi connectivity index (χ3v) is 3.82. The Kier molecular flexibility index (Phi) is 4.60. The molecule has 0 bridgehead atoms. The van der Waals surface area contributed by atoms with Crippen LogP contribution >= 0.6 is 0 Å². The van der Waals surface area contributed by atoms with E-state index in [-0.39, 0.29) is 11.6 Å². The zero-order valence-corrected chi connectivity index (χ0v) is 12.0. The Balaban J connectivity index is 1.82. The van der Waals surface area contributed by atoms with Gasteiger partial charge in [-0.2, -0.15) is 0 Å². The normalized spacial score (nSPS) is 22.9. The van der Waals surface area contributed by atoms with Gasteiger partial charge in [0.2, 0.25) is 5.91 Å². The van der Waals surface area contributed by atoms with Crippen molar-refractivity contribution in [3.05, 3.63) is 24.0 Å². The van der Waals surface area contributed by atoms with E-state index >= 15 is 0 Å². The molecule has 0 spiro atoms. The van der Waals surface area contributed by atoms with Crippen LogP contribution in [0, 0.1) is 11.7 Å². The molecule has 2 rings (SSSR count). The van der Waals surface area contributed by atoms with Gasteiger partial charge in [-0.25, -0.2) is 4.39 Å². The number of hydrogen-bond donors (Lipinski definition) is 2. The van der Waals surface area contributed by atoms with Crippen molar-refractivity contribution in [2.45, 2.75) is 32.7 Å². The summed E-state index contributed by atoms with van der Waals surface area (Å²) < 4.78 is 13.0. The van der Waals surface area contributed by atoms with Crippen LogP contribution in [0.15, 0.2) is 18.2 Å². The van der Waals surface area contributed by atoms with Crippen molar-refractivity contribution in [2.24, 2.45) is 5.92 Å². The Morgan fingerprint density at radius 2 is 2.25 bits per heavy atom. The van der Waals surface area contributed by atoms with Crippen LogP contribution in [0.5, 0.6) is 0 Å². The SMILES string of the molecule is CC1CC(C)N(CCC(=O)Nc2ccc(F)c(N)c2)C1. The first-order chi connectivity index (χ1) is 9.45. The van der Waals surface area contributed by atoms with E-state index in [1.54, 1.807) is 0 Å². The highest BCUT2D eigenvalue weighted by molar-refractivity contribution is 5.91. The smallest absolute Gasteiger partial charge is 0.225 e. The maximum absolute atomic E-state index is 13.0. The molecule has 1 aliphatic rings. The van der Waals surface area contributed by atoms with Gasteiger partial charge in [0.05, 0.1) is 5.69 Å². The summed E-state index contributed by atoms with van der Waals surface area (Å²) in [5.41, 5.74) is 6.05. The number of amides is 1. The number of benzene rings is 1. The number of rotatable bonds is 4. The lowest BCUT2D eigenvalue weighted by Gasteiger charge is -2.20. The van der Waals surface area contributed by atoms with Crippen LogP contribution in [0.2, 0.25) is 0 Å². The van der Waals surface area contributed by atoms with Crippen molar-refractivity contribution in [1.29, 1.82) is 0 Å². The van der Waals surface area contributed by atoms with Gasteiger partial charge in [0, 0.05) is 31.2 Å². The highest BCUT2D eigenvalue weighted by Crippen LogP contribution is 2.22. The van der Waals surface area contributed by atoms with Gasteiger partial charge in [0.1, 0.15) is 5.82 Å². The van der Waals surface area contributed by atoms with Crippen LogP contribution in [0.3, 0.4) is 0 Å². The monoisotopic (exact) mass is 279 g/mol. The number of anilines is 2. The number of hydrogen-bond acceptors (Lipinski definition) is 3. The average Bonchev–Trinajstić information content (AvgIpc) is 2.70. The number of carbonyl (C=O) groups excluding carboxylic acids is 1. The fraction of sp³-hybridized carbons (Fsp3) is 0.533. The lowest BCUT2D eigenvalue weighted by molar-refractivity contribution is -0.116. The number of nitrogen functional groups attached to an aromatic ring is 1. The number of likely N-dealkylation sites (tertiary alicyclic amines) is 1. The molecule has 1 amide bonds. The second kappa shape index (κ2) is 6.22. The van der Waals surface area contributed by atoms with Crippen LogP contribution in [0.1, 0.15) is 26.7 Å². The quantitative estimate of drug-likeness (QED) is 0.832. The minimum absolute atomic E-state index is 0.0461. The van der Waals surface area contributed by atoms with E-state index in [4.69, 9.17) is 5.73 Å². The molecule has 0 saturated carbocycles. The largest absolute Gasteiger partial charge is 0.396 e. The lowest BCUT2D eigenvalue weighted by Crippen LogP contribution is -2.30. The molecule has 0 aliphatic carbocycles. The van der Waals surface area contributed by atoms with Gasteiger partial charge < -0.3 is 11.1 Å². The average molecular weight is 279 g/mol. The molecular formula is C15H22FN3O. The summed E-state index contributed by atoms with van der Waals surface area (Å²) in [6.07, 6.45) is 1.63. The molecule has 3 N–H and O–H groups in total. The topological polar surface area (TPSA) is 58.4 Å². The van der Waals surface area contributed by atoms with Crippen LogP contribution in [0.4, 0.5) is 15.8 Å². The Morgan fingerprint density at radius 3 is 2.85 bits per heavy atom. The number of nitrogens with zero attached hydrogens (tertiary/aromatic N) is 1. The lowest BCUT2D eigenvalue weighted by atomic mass is 10.1. The highest BCUT2D eigenvalue weighted by Gasteiger charge is 2.25. The Bertz CT molecular complexity index is 492. The van der Waals surface area contributed by atoms with Gasteiger partial charge in [-0.1, -0.05) is 6.92 Å². The van der Waals surface area contributed by atoms with Crippen LogP contribution in [-0.4, -0.2) is 29.9 Å². The first-order valence-corrected chi connectivity index (χ1v) is 7.04. The highest BCUT2D eigenvalue weighted by atomic mass is 19.1. The summed E-state index contributed by atoms with van der Waals surface area (Å²) in [7, 11) is 0. The maximum atomic E-state index is 13.0. The molecule has 1 aliphatic heterocycles. The number of halogens is 1. The van der Waals surface area contributed by atoms with E-state index < -0.39 is 5.82 Å². The van der Waals surface area contributed by atoms with Gasteiger partial charge in [0.15, 0.2) is 0 Å². The Hall–Kier alpha value is -1.62. The van der Waals surface area contributed by atoms with Crippen LogP contribution in [-0.2, 0) is 4.79 Å². The molecule has 2 unspecified atom stereocenters. The van der Waals surface area contributed by atoms with Crippen molar-refractivity contribution in [1.82, 2.24) is 4.90 Å². The maximum Gasteiger partial charge on any atom is 0.225 e. The van der Waals surface area contributed by atoms with Gasteiger partial charge >= 0.3 is 0 Å². The van der Waals surface area contributed by atoms with E-state index in [0.717, 1.165) is 13.1 Å². The molecule has 20 heavy (non-hydrogen) atoms. The van der Waals surface area contributed by atoms with Crippen molar-refractivity contribution in [3.8, 4) is 0 Å². The first kappa shape index (κ1) is 14.8. The molecule has 1 aromatic carbocycles. The standard InChI is InChI=1S/C15H22FN3O/c1-10-7-11(2)19(9-10)6-5-15(20)18-12-3-4-13(16)14(17)8-12/h3-4,8,10-11H,5-7,9,17H2,1-2H3,(H,18,20). The second-order valence-corrected chi connectivity index (χ2v) is 5.72. The van der Waals surface area contributed by atoms with Crippen molar-refractivity contribution >= 4 is 17.3 Å². The number of nitrogens with one attached hydrogen (secondary N) is 1. The zero-order chi connectivity index (χ0) is 14.7. The first-order valence-electron chi connectivity index (χ1n) is 7.04. The number of carbonyl (C=O) groups is 1. The summed E-state index contributed by atoms with van der Waals surface area (Å²) in [6, 6.07) is 4.76. The second-order valence-electron chi connectivity index (χ2n) is 5.72. The number of nitrogens with two attached hydrogens (primary N) is 1. The Labute approximate surface area is 119 Å². The van der Waals surface area contributed by atoms with Crippen molar-refractivity contribution in [2.75, 3.05) is 24.1 Å². The third-order valence-electron chi connectivity index (χ3n) is 3.82. The third kappa shape index (κ3) is 3.70. The summed E-state index contributed by atoms with van der Waals surface area (Å²) >= 11 is 0. The van der Waals surface area contributed by atoms with Gasteiger partial charge in [-0.05, 0) is 37.5 Å². The summed E-state index contributed by atoms with van der Waals surface area (Å²) in [5, 5.41) is 2.75. The minimum atomic E-state index is -0.470. The summed E-state index contributed by atoms with van der Waals surface area (Å²) in [5.74, 6) is 0.163. The van der Waals surface area contributed by atoms with Crippen LogP contribution in [0.25, 0.3) is 0 Å². The molecule has 1 saturated heterocycles.